The molecule has 0 aliphatic rings. The predicted molar refractivity (Wildman–Crippen MR) is 92.8 cm³/mol. The Labute approximate surface area is 143 Å². The monoisotopic (exact) mass is 345 g/mol. The van der Waals surface area contributed by atoms with Crippen molar-refractivity contribution in [3.05, 3.63) is 61.9 Å². The van der Waals surface area contributed by atoms with E-state index in [1.165, 1.54) is 19.3 Å². The van der Waals surface area contributed by atoms with Crippen LogP contribution in [0.15, 0.2) is 33.9 Å². The van der Waals surface area contributed by atoms with Crippen molar-refractivity contribution in [2.45, 2.75) is 13.5 Å². The number of hydrogen-bond acceptors (Lipinski definition) is 5. The van der Waals surface area contributed by atoms with E-state index in [9.17, 15) is 14.4 Å². The number of carbonyl (C=O) groups is 1. The van der Waals surface area contributed by atoms with Gasteiger partial charge in [0.15, 0.2) is 11.5 Å². The van der Waals surface area contributed by atoms with Crippen LogP contribution in [0.2, 0.25) is 0 Å². The minimum absolute atomic E-state index is 0.286. The van der Waals surface area contributed by atoms with Crippen molar-refractivity contribution in [1.82, 2.24) is 15.3 Å². The molecule has 1 aromatic carbocycles. The zero-order valence-corrected chi connectivity index (χ0v) is 14.1. The first kappa shape index (κ1) is 18.1. The Morgan fingerprint density at radius 3 is 2.56 bits per heavy atom. The minimum atomic E-state index is -0.624. The molecular formula is C17H19N3O5. The lowest BCUT2D eigenvalue weighted by Crippen LogP contribution is -2.25. The van der Waals surface area contributed by atoms with Gasteiger partial charge in [-0.05, 0) is 30.7 Å². The van der Waals surface area contributed by atoms with Gasteiger partial charge in [-0.15, -0.1) is 0 Å². The van der Waals surface area contributed by atoms with Crippen LogP contribution in [-0.4, -0.2) is 30.1 Å². The topological polar surface area (TPSA) is 113 Å². The Balaban J connectivity index is 2.04. The number of H-pyrrole nitrogens is 2. The van der Waals surface area contributed by atoms with E-state index in [0.717, 1.165) is 5.56 Å². The molecule has 0 saturated heterocycles. The molecule has 132 valence electrons. The number of amides is 1. The number of carbonyl (C=O) groups excluding carboxylic acids is 1. The summed E-state index contributed by atoms with van der Waals surface area (Å²) in [7, 11) is 3.08. The van der Waals surface area contributed by atoms with Crippen molar-refractivity contribution in [2.75, 3.05) is 14.2 Å². The smallest absolute Gasteiger partial charge is 0.326 e. The molecule has 1 heterocycles. The molecule has 1 amide bonds. The molecule has 0 radical (unpaired) electrons. The van der Waals surface area contributed by atoms with Crippen molar-refractivity contribution < 1.29 is 14.3 Å². The number of nitrogens with one attached hydrogen (secondary N) is 3. The van der Waals surface area contributed by atoms with E-state index >= 15 is 0 Å². The average molecular weight is 345 g/mol. The fourth-order valence-corrected chi connectivity index (χ4v) is 2.13. The van der Waals surface area contributed by atoms with E-state index in [1.807, 2.05) is 6.07 Å². The number of ether oxygens (including phenoxy) is 2. The molecule has 0 saturated carbocycles. The van der Waals surface area contributed by atoms with E-state index < -0.39 is 11.2 Å². The lowest BCUT2D eigenvalue weighted by Gasteiger charge is -2.09. The highest BCUT2D eigenvalue weighted by Gasteiger charge is 2.06. The van der Waals surface area contributed by atoms with E-state index in [0.29, 0.717) is 17.1 Å². The highest BCUT2D eigenvalue weighted by Crippen LogP contribution is 2.27. The second-order valence-corrected chi connectivity index (χ2v) is 5.19. The lowest BCUT2D eigenvalue weighted by atomic mass is 10.2. The van der Waals surface area contributed by atoms with Gasteiger partial charge in [0, 0.05) is 18.2 Å². The van der Waals surface area contributed by atoms with E-state index in [4.69, 9.17) is 9.47 Å². The molecule has 0 spiro atoms. The molecule has 0 atom stereocenters. The van der Waals surface area contributed by atoms with Crippen molar-refractivity contribution in [3.8, 4) is 11.5 Å². The number of benzene rings is 1. The minimum Gasteiger partial charge on any atom is -0.493 e. The lowest BCUT2D eigenvalue weighted by molar-refractivity contribution is -0.116. The molecule has 2 aromatic rings. The summed E-state index contributed by atoms with van der Waals surface area (Å²) in [6.45, 7) is 1.84. The van der Waals surface area contributed by atoms with Crippen molar-refractivity contribution in [2.24, 2.45) is 0 Å². The van der Waals surface area contributed by atoms with Crippen LogP contribution in [0.25, 0.3) is 6.08 Å². The average Bonchev–Trinajstić information content (AvgIpc) is 2.61. The van der Waals surface area contributed by atoms with Crippen LogP contribution in [0.3, 0.4) is 0 Å². The molecule has 8 nitrogen and oxygen atoms in total. The normalized spacial score (nSPS) is 10.7. The number of methoxy groups -OCH3 is 2. The summed E-state index contributed by atoms with van der Waals surface area (Å²) in [5, 5.41) is 2.71. The van der Waals surface area contributed by atoms with E-state index in [1.54, 1.807) is 26.2 Å². The maximum atomic E-state index is 11.9. The number of rotatable bonds is 6. The van der Waals surface area contributed by atoms with Crippen LogP contribution >= 0.6 is 0 Å². The van der Waals surface area contributed by atoms with Gasteiger partial charge in [0.1, 0.15) is 0 Å². The Morgan fingerprint density at radius 2 is 1.88 bits per heavy atom. The second kappa shape index (κ2) is 8.00. The third-order valence-electron chi connectivity index (χ3n) is 3.54. The Morgan fingerprint density at radius 1 is 1.16 bits per heavy atom. The molecule has 2 rings (SSSR count). The summed E-state index contributed by atoms with van der Waals surface area (Å²) >= 11 is 0. The highest BCUT2D eigenvalue weighted by atomic mass is 16.5. The van der Waals surface area contributed by atoms with Crippen molar-refractivity contribution in [1.29, 1.82) is 0 Å². The summed E-state index contributed by atoms with van der Waals surface area (Å²) in [5.41, 5.74) is 0.328. The molecule has 1 aromatic heterocycles. The van der Waals surface area contributed by atoms with Crippen molar-refractivity contribution in [3.63, 3.8) is 0 Å². The summed E-state index contributed by atoms with van der Waals surface area (Å²) < 4.78 is 10.4. The van der Waals surface area contributed by atoms with Gasteiger partial charge in [-0.3, -0.25) is 14.6 Å². The number of hydrogen-bond donors (Lipinski definition) is 3. The van der Waals surface area contributed by atoms with Crippen LogP contribution in [0.5, 0.6) is 11.5 Å². The van der Waals surface area contributed by atoms with Gasteiger partial charge in [0.2, 0.25) is 5.91 Å². The van der Waals surface area contributed by atoms with Gasteiger partial charge in [-0.1, -0.05) is 6.07 Å². The molecule has 3 N–H and O–H groups in total. The Hall–Kier alpha value is -3.29. The molecule has 0 unspecified atom stereocenters. The zero-order chi connectivity index (χ0) is 18.4. The van der Waals surface area contributed by atoms with Gasteiger partial charge in [-0.25, -0.2) is 4.79 Å². The summed E-state index contributed by atoms with van der Waals surface area (Å²) in [5.74, 6) is 0.808. The first-order chi connectivity index (χ1) is 11.9. The fourth-order valence-electron chi connectivity index (χ4n) is 2.13. The maximum Gasteiger partial charge on any atom is 0.326 e. The third kappa shape index (κ3) is 4.60. The zero-order valence-electron chi connectivity index (χ0n) is 14.1. The quantitative estimate of drug-likeness (QED) is 0.668. The standard InChI is InChI=1S/C17H19N3O5/c1-10-12(19-17(23)20-16(10)22)5-7-15(21)18-9-11-4-6-13(24-2)14(8-11)25-3/h4-8H,9H2,1-3H3,(H,18,21)(H2,19,20,22,23). The van der Waals surface area contributed by atoms with Gasteiger partial charge in [0.05, 0.1) is 19.9 Å². The first-order valence-corrected chi connectivity index (χ1v) is 7.44. The highest BCUT2D eigenvalue weighted by molar-refractivity contribution is 5.91. The molecular weight excluding hydrogens is 326 g/mol. The number of aromatic nitrogens is 2. The Bertz CT molecular complexity index is 911. The largest absolute Gasteiger partial charge is 0.493 e. The summed E-state index contributed by atoms with van der Waals surface area (Å²) in [6.07, 6.45) is 2.63. The summed E-state index contributed by atoms with van der Waals surface area (Å²) in [6, 6.07) is 5.32. The predicted octanol–water partition coefficient (Wildman–Crippen LogP) is 0.718. The van der Waals surface area contributed by atoms with Crippen LogP contribution in [0.1, 0.15) is 16.8 Å². The van der Waals surface area contributed by atoms with Gasteiger partial charge in [0.25, 0.3) is 5.56 Å². The van der Waals surface area contributed by atoms with Crippen molar-refractivity contribution >= 4 is 12.0 Å². The van der Waals surface area contributed by atoms with Crippen LogP contribution in [0, 0.1) is 6.92 Å². The second-order valence-electron chi connectivity index (χ2n) is 5.19. The van der Waals surface area contributed by atoms with Crippen LogP contribution < -0.4 is 26.0 Å². The van der Waals surface area contributed by atoms with Crippen LogP contribution in [0.4, 0.5) is 0 Å². The number of aromatic amines is 2. The van der Waals surface area contributed by atoms with E-state index in [2.05, 4.69) is 15.3 Å². The summed E-state index contributed by atoms with van der Waals surface area (Å²) in [4.78, 5) is 39.3. The molecule has 0 aliphatic carbocycles. The third-order valence-corrected chi connectivity index (χ3v) is 3.54. The molecule has 0 fully saturated rings. The van der Waals surface area contributed by atoms with Gasteiger partial charge in [-0.2, -0.15) is 0 Å². The molecule has 0 aliphatic heterocycles. The van der Waals surface area contributed by atoms with Crippen LogP contribution in [-0.2, 0) is 11.3 Å². The SMILES string of the molecule is COc1ccc(CNC(=O)C=Cc2[nH]c(=O)[nH]c(=O)c2C)cc1OC. The van der Waals surface area contributed by atoms with E-state index in [-0.39, 0.29) is 18.1 Å². The molecule has 0 bridgehead atoms. The van der Waals surface area contributed by atoms with Gasteiger partial charge >= 0.3 is 5.69 Å². The molecule has 8 heteroatoms. The Kier molecular flexibility index (Phi) is 5.78. The molecule has 25 heavy (non-hydrogen) atoms. The first-order valence-electron chi connectivity index (χ1n) is 7.44. The maximum absolute atomic E-state index is 11.9. The fraction of sp³-hybridized carbons (Fsp3) is 0.235. The van der Waals surface area contributed by atoms with Gasteiger partial charge < -0.3 is 19.8 Å².